The predicted octanol–water partition coefficient (Wildman–Crippen LogP) is 1.64. The van der Waals surface area contributed by atoms with Crippen molar-refractivity contribution in [2.75, 3.05) is 6.61 Å². The minimum atomic E-state index is -1.18. The van der Waals surface area contributed by atoms with Gasteiger partial charge in [-0.15, -0.1) is 0 Å². The molecule has 0 bridgehead atoms. The highest BCUT2D eigenvalue weighted by Gasteiger charge is 2.21. The molecule has 1 amide bonds. The fourth-order valence-corrected chi connectivity index (χ4v) is 1.47. The van der Waals surface area contributed by atoms with Crippen LogP contribution in [0.15, 0.2) is 31.0 Å². The maximum absolute atomic E-state index is 11.3. The number of aromatic nitrogens is 1. The Kier molecular flexibility index (Phi) is 5.81. The molecule has 1 unspecified atom stereocenters. The zero-order valence-corrected chi connectivity index (χ0v) is 10.8. The Labute approximate surface area is 115 Å². The van der Waals surface area contributed by atoms with E-state index in [-0.39, 0.29) is 13.0 Å². The van der Waals surface area contributed by atoms with Crippen LogP contribution in [0.4, 0.5) is 4.79 Å². The summed E-state index contributed by atoms with van der Waals surface area (Å²) in [7, 11) is 0. The SMILES string of the molecule is C=CCOC(=O)NC(Cc1cc(Cl)ccn1)C(=O)O. The van der Waals surface area contributed by atoms with Gasteiger partial charge in [0.1, 0.15) is 12.6 Å². The van der Waals surface area contributed by atoms with E-state index in [1.165, 1.54) is 18.3 Å². The average Bonchev–Trinajstić information content (AvgIpc) is 2.35. The standard InChI is InChI=1S/C12H13ClN2O4/c1-2-5-19-12(18)15-10(11(16)17)7-9-6-8(13)3-4-14-9/h2-4,6,10H,1,5,7H2,(H,15,18)(H,16,17). The van der Waals surface area contributed by atoms with Crippen molar-refractivity contribution in [1.29, 1.82) is 0 Å². The number of hydrogen-bond donors (Lipinski definition) is 2. The molecule has 102 valence electrons. The molecule has 0 aliphatic rings. The Morgan fingerprint density at radius 2 is 2.37 bits per heavy atom. The van der Waals surface area contributed by atoms with Crippen molar-refractivity contribution in [3.8, 4) is 0 Å². The van der Waals surface area contributed by atoms with Crippen LogP contribution in [0, 0.1) is 0 Å². The third-order valence-corrected chi connectivity index (χ3v) is 2.35. The number of amides is 1. The summed E-state index contributed by atoms with van der Waals surface area (Å²) in [6.45, 7) is 3.39. The molecule has 0 aliphatic heterocycles. The number of carboxylic acids is 1. The zero-order chi connectivity index (χ0) is 14.3. The summed E-state index contributed by atoms with van der Waals surface area (Å²) in [5.41, 5.74) is 0.462. The average molecular weight is 285 g/mol. The molecule has 2 N–H and O–H groups in total. The number of rotatable bonds is 6. The second-order valence-electron chi connectivity index (χ2n) is 3.59. The molecule has 0 aliphatic carbocycles. The molecule has 0 fully saturated rings. The van der Waals surface area contributed by atoms with Gasteiger partial charge in [0.05, 0.1) is 0 Å². The molecule has 0 aromatic carbocycles. The topological polar surface area (TPSA) is 88.5 Å². The number of pyridine rings is 1. The van der Waals surface area contributed by atoms with Crippen LogP contribution in [0.3, 0.4) is 0 Å². The van der Waals surface area contributed by atoms with Crippen molar-refractivity contribution < 1.29 is 19.4 Å². The molecule has 7 heteroatoms. The summed E-state index contributed by atoms with van der Waals surface area (Å²) in [6, 6.07) is 1.98. The molecule has 19 heavy (non-hydrogen) atoms. The molecule has 0 saturated heterocycles. The molecular formula is C12H13ClN2O4. The molecule has 1 aromatic rings. The first-order valence-electron chi connectivity index (χ1n) is 5.40. The molecule has 0 spiro atoms. The molecule has 6 nitrogen and oxygen atoms in total. The number of carbonyl (C=O) groups excluding carboxylic acids is 1. The fourth-order valence-electron chi connectivity index (χ4n) is 1.29. The van der Waals surface area contributed by atoms with Gasteiger partial charge in [-0.2, -0.15) is 0 Å². The first-order chi connectivity index (χ1) is 9.02. The first-order valence-corrected chi connectivity index (χ1v) is 5.78. The van der Waals surface area contributed by atoms with Crippen molar-refractivity contribution in [3.63, 3.8) is 0 Å². The minimum Gasteiger partial charge on any atom is -0.480 e. The third-order valence-electron chi connectivity index (χ3n) is 2.11. The summed E-state index contributed by atoms with van der Waals surface area (Å²) in [5.74, 6) is -1.18. The first kappa shape index (κ1) is 15.0. The highest BCUT2D eigenvalue weighted by atomic mass is 35.5. The Bertz CT molecular complexity index is 479. The van der Waals surface area contributed by atoms with E-state index >= 15 is 0 Å². The van der Waals surface area contributed by atoms with E-state index in [9.17, 15) is 9.59 Å². The second kappa shape index (κ2) is 7.38. The van der Waals surface area contributed by atoms with Gasteiger partial charge < -0.3 is 15.2 Å². The highest BCUT2D eigenvalue weighted by Crippen LogP contribution is 2.09. The second-order valence-corrected chi connectivity index (χ2v) is 4.03. The van der Waals surface area contributed by atoms with Crippen LogP contribution in [-0.2, 0) is 16.0 Å². The van der Waals surface area contributed by atoms with E-state index in [4.69, 9.17) is 16.7 Å². The Morgan fingerprint density at radius 1 is 1.63 bits per heavy atom. The lowest BCUT2D eigenvalue weighted by Crippen LogP contribution is -2.42. The third kappa shape index (κ3) is 5.39. The number of nitrogens with one attached hydrogen (secondary N) is 1. The fraction of sp³-hybridized carbons (Fsp3) is 0.250. The van der Waals surface area contributed by atoms with Crippen LogP contribution in [0.1, 0.15) is 5.69 Å². The predicted molar refractivity (Wildman–Crippen MR) is 69.1 cm³/mol. The number of carbonyl (C=O) groups is 2. The number of ether oxygens (including phenoxy) is 1. The number of carboxylic acid groups (broad SMARTS) is 1. The van der Waals surface area contributed by atoms with Gasteiger partial charge in [0.15, 0.2) is 0 Å². The molecule has 1 heterocycles. The van der Waals surface area contributed by atoms with E-state index in [1.807, 2.05) is 0 Å². The summed E-state index contributed by atoms with van der Waals surface area (Å²) >= 11 is 5.77. The summed E-state index contributed by atoms with van der Waals surface area (Å²) < 4.78 is 4.66. The summed E-state index contributed by atoms with van der Waals surface area (Å²) in [6.07, 6.45) is 2.04. The Morgan fingerprint density at radius 3 is 2.95 bits per heavy atom. The lowest BCUT2D eigenvalue weighted by atomic mass is 10.1. The van der Waals surface area contributed by atoms with Crippen LogP contribution in [0.25, 0.3) is 0 Å². The van der Waals surface area contributed by atoms with Crippen molar-refractivity contribution in [2.45, 2.75) is 12.5 Å². The van der Waals surface area contributed by atoms with Crippen LogP contribution in [-0.4, -0.2) is 34.8 Å². The lowest BCUT2D eigenvalue weighted by molar-refractivity contribution is -0.139. The molecule has 1 rings (SSSR count). The number of hydrogen-bond acceptors (Lipinski definition) is 4. The maximum atomic E-state index is 11.3. The lowest BCUT2D eigenvalue weighted by Gasteiger charge is -2.13. The minimum absolute atomic E-state index is 0.00753. The smallest absolute Gasteiger partial charge is 0.408 e. The van der Waals surface area contributed by atoms with E-state index in [2.05, 4.69) is 21.6 Å². The molecular weight excluding hydrogens is 272 g/mol. The maximum Gasteiger partial charge on any atom is 0.408 e. The van der Waals surface area contributed by atoms with Crippen molar-refractivity contribution in [2.24, 2.45) is 0 Å². The molecule has 1 atom stereocenters. The van der Waals surface area contributed by atoms with Gasteiger partial charge in [0.25, 0.3) is 0 Å². The van der Waals surface area contributed by atoms with Crippen LogP contribution in [0.5, 0.6) is 0 Å². The molecule has 0 radical (unpaired) electrons. The van der Waals surface area contributed by atoms with Gasteiger partial charge in [-0.3, -0.25) is 4.98 Å². The van der Waals surface area contributed by atoms with E-state index in [0.717, 1.165) is 0 Å². The van der Waals surface area contributed by atoms with Crippen LogP contribution >= 0.6 is 11.6 Å². The number of alkyl carbamates (subject to hydrolysis) is 1. The van der Waals surface area contributed by atoms with Gasteiger partial charge in [-0.25, -0.2) is 9.59 Å². The van der Waals surface area contributed by atoms with Crippen molar-refractivity contribution in [3.05, 3.63) is 41.7 Å². The highest BCUT2D eigenvalue weighted by molar-refractivity contribution is 6.30. The van der Waals surface area contributed by atoms with Crippen molar-refractivity contribution in [1.82, 2.24) is 10.3 Å². The summed E-state index contributed by atoms with van der Waals surface area (Å²) in [4.78, 5) is 26.3. The van der Waals surface area contributed by atoms with Gasteiger partial charge in [-0.05, 0) is 12.1 Å². The van der Waals surface area contributed by atoms with Crippen LogP contribution in [0.2, 0.25) is 5.02 Å². The quantitative estimate of drug-likeness (QED) is 0.775. The Hall–Kier alpha value is -2.08. The van der Waals surface area contributed by atoms with Gasteiger partial charge >= 0.3 is 12.1 Å². The van der Waals surface area contributed by atoms with Crippen molar-refractivity contribution >= 4 is 23.7 Å². The zero-order valence-electron chi connectivity index (χ0n) is 10.0. The van der Waals surface area contributed by atoms with Gasteiger partial charge in [0, 0.05) is 23.3 Å². The largest absolute Gasteiger partial charge is 0.480 e. The monoisotopic (exact) mass is 284 g/mol. The number of aliphatic carboxylic acids is 1. The van der Waals surface area contributed by atoms with E-state index in [1.54, 1.807) is 6.07 Å². The number of halogens is 1. The van der Waals surface area contributed by atoms with E-state index in [0.29, 0.717) is 10.7 Å². The normalized spacial score (nSPS) is 11.4. The van der Waals surface area contributed by atoms with Gasteiger partial charge in [0.2, 0.25) is 0 Å². The summed E-state index contributed by atoms with van der Waals surface area (Å²) in [5, 5.41) is 11.7. The van der Waals surface area contributed by atoms with Crippen LogP contribution < -0.4 is 5.32 Å². The molecule has 1 aromatic heterocycles. The van der Waals surface area contributed by atoms with E-state index < -0.39 is 18.1 Å². The Balaban J connectivity index is 2.65. The number of nitrogens with zero attached hydrogens (tertiary/aromatic N) is 1. The van der Waals surface area contributed by atoms with Gasteiger partial charge in [-0.1, -0.05) is 24.3 Å². The molecule has 0 saturated carbocycles.